The second kappa shape index (κ2) is 6.39. The number of nitrogens with zero attached hydrogens (tertiary/aromatic N) is 2. The summed E-state index contributed by atoms with van der Waals surface area (Å²) in [5.74, 6) is 0.341. The summed E-state index contributed by atoms with van der Waals surface area (Å²) >= 11 is 0. The molecule has 3 nitrogen and oxygen atoms in total. The second-order valence-corrected chi connectivity index (χ2v) is 6.47. The summed E-state index contributed by atoms with van der Waals surface area (Å²) in [6, 6.07) is 15.1. The van der Waals surface area contributed by atoms with Gasteiger partial charge < -0.3 is 9.47 Å². The zero-order valence-corrected chi connectivity index (χ0v) is 13.4. The summed E-state index contributed by atoms with van der Waals surface area (Å²) in [5, 5.41) is 0. The highest BCUT2D eigenvalue weighted by Gasteiger charge is 2.33. The summed E-state index contributed by atoms with van der Waals surface area (Å²) in [6.07, 6.45) is 4.41. The molecule has 2 aromatic rings. The molecule has 0 N–H and O–H groups in total. The van der Waals surface area contributed by atoms with Gasteiger partial charge in [0.05, 0.1) is 6.54 Å². The molecule has 1 aliphatic carbocycles. The van der Waals surface area contributed by atoms with Crippen molar-refractivity contribution in [3.05, 3.63) is 59.9 Å². The largest absolute Gasteiger partial charge is 0.345 e. The Hall–Kier alpha value is -2.03. The number of aromatic nitrogens is 1. The van der Waals surface area contributed by atoms with Gasteiger partial charge in [0, 0.05) is 30.4 Å². The molecule has 0 aliphatic heterocycles. The Morgan fingerprint density at radius 1 is 1.18 bits per heavy atom. The van der Waals surface area contributed by atoms with Crippen LogP contribution in [-0.4, -0.2) is 21.4 Å². The molecule has 3 heteroatoms. The van der Waals surface area contributed by atoms with Crippen LogP contribution in [-0.2, 0) is 17.9 Å². The van der Waals surface area contributed by atoms with E-state index in [9.17, 15) is 4.79 Å². The van der Waals surface area contributed by atoms with Gasteiger partial charge in [0.1, 0.15) is 0 Å². The molecule has 0 unspecified atom stereocenters. The topological polar surface area (TPSA) is 25.2 Å². The fourth-order valence-electron chi connectivity index (χ4n) is 2.81. The smallest absolute Gasteiger partial charge is 0.225 e. The fraction of sp³-hybridized carbons (Fsp3) is 0.421. The maximum atomic E-state index is 12.4. The van der Waals surface area contributed by atoms with Gasteiger partial charge in [-0.05, 0) is 30.5 Å². The maximum absolute atomic E-state index is 12.4. The summed E-state index contributed by atoms with van der Waals surface area (Å²) in [5.41, 5.74) is 2.50. The second-order valence-electron chi connectivity index (χ2n) is 6.47. The third-order valence-corrected chi connectivity index (χ3v) is 4.22. The summed E-state index contributed by atoms with van der Waals surface area (Å²) < 4.78 is 2.25. The van der Waals surface area contributed by atoms with Crippen LogP contribution in [0, 0.1) is 5.92 Å². The van der Waals surface area contributed by atoms with E-state index in [1.165, 1.54) is 11.3 Å². The number of rotatable bonds is 6. The van der Waals surface area contributed by atoms with E-state index in [1.54, 1.807) is 0 Å². The van der Waals surface area contributed by atoms with E-state index >= 15 is 0 Å². The molecule has 1 aliphatic rings. The zero-order chi connectivity index (χ0) is 15.5. The van der Waals surface area contributed by atoms with Crippen LogP contribution in [0.2, 0.25) is 0 Å². The monoisotopic (exact) mass is 296 g/mol. The van der Waals surface area contributed by atoms with E-state index in [-0.39, 0.29) is 11.8 Å². The third-order valence-electron chi connectivity index (χ3n) is 4.22. The first-order valence-electron chi connectivity index (χ1n) is 8.13. The number of carbonyl (C=O) groups excluding carboxylic acids is 1. The Labute approximate surface area is 132 Å². The standard InChI is InChI=1S/C19H24N2O/c1-15(2)19(22)21(17-10-11-17)14-18-9-6-12-20(18)13-16-7-4-3-5-8-16/h3-9,12,15,17H,10-11,13-14H2,1-2H3. The summed E-state index contributed by atoms with van der Waals surface area (Å²) in [6.45, 7) is 5.56. The highest BCUT2D eigenvalue weighted by atomic mass is 16.2. The van der Waals surface area contributed by atoms with E-state index in [0.29, 0.717) is 6.04 Å². The molecular formula is C19H24N2O. The van der Waals surface area contributed by atoms with Crippen molar-refractivity contribution in [3.8, 4) is 0 Å². The van der Waals surface area contributed by atoms with Crippen molar-refractivity contribution in [3.63, 3.8) is 0 Å². The minimum absolute atomic E-state index is 0.0677. The van der Waals surface area contributed by atoms with Crippen molar-refractivity contribution in [2.75, 3.05) is 0 Å². The van der Waals surface area contributed by atoms with E-state index in [4.69, 9.17) is 0 Å². The minimum atomic E-state index is 0.0677. The molecule has 0 radical (unpaired) electrons. The van der Waals surface area contributed by atoms with Crippen molar-refractivity contribution >= 4 is 5.91 Å². The van der Waals surface area contributed by atoms with Gasteiger partial charge in [0.15, 0.2) is 0 Å². The van der Waals surface area contributed by atoms with Crippen LogP contribution < -0.4 is 0 Å². The lowest BCUT2D eigenvalue weighted by atomic mass is 10.1. The molecule has 1 fully saturated rings. The van der Waals surface area contributed by atoms with Crippen molar-refractivity contribution in [1.29, 1.82) is 0 Å². The Morgan fingerprint density at radius 2 is 1.91 bits per heavy atom. The Bertz CT molecular complexity index is 626. The van der Waals surface area contributed by atoms with Gasteiger partial charge in [0.25, 0.3) is 0 Å². The Kier molecular flexibility index (Phi) is 4.32. The van der Waals surface area contributed by atoms with Crippen molar-refractivity contribution in [2.45, 2.75) is 45.8 Å². The minimum Gasteiger partial charge on any atom is -0.345 e. The van der Waals surface area contributed by atoms with Crippen molar-refractivity contribution in [2.24, 2.45) is 5.92 Å². The first-order chi connectivity index (χ1) is 10.6. The number of amides is 1. The molecule has 0 atom stereocenters. The van der Waals surface area contributed by atoms with Gasteiger partial charge in [-0.2, -0.15) is 0 Å². The van der Waals surface area contributed by atoms with Gasteiger partial charge in [-0.15, -0.1) is 0 Å². The Morgan fingerprint density at radius 3 is 2.55 bits per heavy atom. The van der Waals surface area contributed by atoms with Crippen LogP contribution in [0.1, 0.15) is 37.9 Å². The van der Waals surface area contributed by atoms with Gasteiger partial charge in [-0.3, -0.25) is 4.79 Å². The molecular weight excluding hydrogens is 272 g/mol. The summed E-state index contributed by atoms with van der Waals surface area (Å²) in [7, 11) is 0. The van der Waals surface area contributed by atoms with E-state index in [2.05, 4.69) is 52.1 Å². The third kappa shape index (κ3) is 3.41. The lowest BCUT2D eigenvalue weighted by Gasteiger charge is -2.25. The normalized spacial score (nSPS) is 14.3. The lowest BCUT2D eigenvalue weighted by molar-refractivity contribution is -0.135. The molecule has 1 saturated carbocycles. The van der Waals surface area contributed by atoms with Crippen LogP contribution in [0.25, 0.3) is 0 Å². The predicted octanol–water partition coefficient (Wildman–Crippen LogP) is 3.68. The van der Waals surface area contributed by atoms with Gasteiger partial charge >= 0.3 is 0 Å². The molecule has 1 aromatic heterocycles. The molecule has 0 saturated heterocycles. The van der Waals surface area contributed by atoms with Crippen molar-refractivity contribution < 1.29 is 4.79 Å². The zero-order valence-electron chi connectivity index (χ0n) is 13.4. The Balaban J connectivity index is 1.75. The summed E-state index contributed by atoms with van der Waals surface area (Å²) in [4.78, 5) is 14.5. The van der Waals surface area contributed by atoms with Crippen LogP contribution >= 0.6 is 0 Å². The number of hydrogen-bond acceptors (Lipinski definition) is 1. The molecule has 22 heavy (non-hydrogen) atoms. The quantitative estimate of drug-likeness (QED) is 0.798. The SMILES string of the molecule is CC(C)C(=O)N(Cc1cccn1Cc1ccccc1)C1CC1. The molecule has 1 heterocycles. The molecule has 1 amide bonds. The first kappa shape index (κ1) is 14.9. The maximum Gasteiger partial charge on any atom is 0.225 e. The fourth-order valence-corrected chi connectivity index (χ4v) is 2.81. The molecule has 3 rings (SSSR count). The van der Waals surface area contributed by atoms with E-state index in [0.717, 1.165) is 25.9 Å². The highest BCUT2D eigenvalue weighted by Crippen LogP contribution is 2.29. The van der Waals surface area contributed by atoms with Gasteiger partial charge in [0.2, 0.25) is 5.91 Å². The number of carbonyl (C=O) groups is 1. The number of hydrogen-bond donors (Lipinski definition) is 0. The van der Waals surface area contributed by atoms with E-state index < -0.39 is 0 Å². The van der Waals surface area contributed by atoms with Crippen LogP contribution in [0.15, 0.2) is 48.7 Å². The average Bonchev–Trinajstić information content (AvgIpc) is 3.27. The van der Waals surface area contributed by atoms with Crippen LogP contribution in [0.5, 0.6) is 0 Å². The van der Waals surface area contributed by atoms with Gasteiger partial charge in [-0.25, -0.2) is 0 Å². The molecule has 0 bridgehead atoms. The molecule has 116 valence electrons. The lowest BCUT2D eigenvalue weighted by Crippen LogP contribution is -2.36. The number of benzene rings is 1. The predicted molar refractivity (Wildman–Crippen MR) is 88.4 cm³/mol. The van der Waals surface area contributed by atoms with Crippen LogP contribution in [0.4, 0.5) is 0 Å². The first-order valence-corrected chi connectivity index (χ1v) is 8.13. The van der Waals surface area contributed by atoms with E-state index in [1.807, 2.05) is 19.9 Å². The average molecular weight is 296 g/mol. The van der Waals surface area contributed by atoms with Crippen molar-refractivity contribution in [1.82, 2.24) is 9.47 Å². The molecule has 1 aromatic carbocycles. The van der Waals surface area contributed by atoms with Crippen LogP contribution in [0.3, 0.4) is 0 Å². The molecule has 0 spiro atoms. The van der Waals surface area contributed by atoms with Gasteiger partial charge in [-0.1, -0.05) is 44.2 Å². The highest BCUT2D eigenvalue weighted by molar-refractivity contribution is 5.78.